The molecule has 88 valence electrons. The zero-order valence-electron chi connectivity index (χ0n) is 10.3. The largest absolute Gasteiger partial charge is 0.389 e. The fourth-order valence-electron chi connectivity index (χ4n) is 4.93. The van der Waals surface area contributed by atoms with Crippen molar-refractivity contribution >= 4 is 0 Å². The summed E-state index contributed by atoms with van der Waals surface area (Å²) in [6, 6.07) is 0. The van der Waals surface area contributed by atoms with E-state index >= 15 is 0 Å². The Labute approximate surface area is 93.0 Å². The van der Waals surface area contributed by atoms with E-state index in [0.717, 1.165) is 24.7 Å². The molecule has 0 aromatic heterocycles. The Bertz CT molecular complexity index is 246. The molecule has 4 bridgehead atoms. The zero-order chi connectivity index (χ0) is 10.2. The van der Waals surface area contributed by atoms with Gasteiger partial charge in [0, 0.05) is 0 Å². The van der Waals surface area contributed by atoms with E-state index in [1.807, 2.05) is 0 Å². The van der Waals surface area contributed by atoms with Crippen LogP contribution >= 0.6 is 0 Å². The Hall–Kier alpha value is -0.0800. The van der Waals surface area contributed by atoms with E-state index in [0.29, 0.717) is 5.41 Å². The smallest absolute Gasteiger partial charge is 0.0708 e. The summed E-state index contributed by atoms with van der Waals surface area (Å²) in [4.78, 5) is 0. The summed E-state index contributed by atoms with van der Waals surface area (Å²) in [7, 11) is 0. The van der Waals surface area contributed by atoms with Gasteiger partial charge >= 0.3 is 0 Å². The van der Waals surface area contributed by atoms with Crippen LogP contribution in [0.1, 0.15) is 52.9 Å². The van der Waals surface area contributed by atoms with Gasteiger partial charge < -0.3 is 11.3 Å². The molecule has 4 saturated carbocycles. The Kier molecular flexibility index (Phi) is 2.11. The molecular formula is C13H25NO. The summed E-state index contributed by atoms with van der Waals surface area (Å²) in [6.45, 7) is 7.00. The average Bonchev–Trinajstić information content (AvgIpc) is 1.98. The molecule has 2 nitrogen and oxygen atoms in total. The Morgan fingerprint density at radius 2 is 1.40 bits per heavy atom. The molecule has 4 aliphatic carbocycles. The molecule has 0 amide bonds. The van der Waals surface area contributed by atoms with E-state index in [9.17, 15) is 5.11 Å². The van der Waals surface area contributed by atoms with Gasteiger partial charge in [-0.3, -0.25) is 0 Å². The van der Waals surface area contributed by atoms with Crippen LogP contribution in [0.15, 0.2) is 0 Å². The molecule has 2 atom stereocenters. The van der Waals surface area contributed by atoms with Crippen LogP contribution in [0.5, 0.6) is 0 Å². The summed E-state index contributed by atoms with van der Waals surface area (Å²) in [5.74, 6) is 1.65. The van der Waals surface area contributed by atoms with E-state index in [4.69, 9.17) is 0 Å². The highest BCUT2D eigenvalue weighted by atomic mass is 16.3. The van der Waals surface area contributed by atoms with Crippen LogP contribution in [0.3, 0.4) is 0 Å². The topological polar surface area (TPSA) is 55.2 Å². The molecule has 4 rings (SSSR count). The average molecular weight is 211 g/mol. The van der Waals surface area contributed by atoms with Crippen molar-refractivity contribution < 1.29 is 5.11 Å². The SMILES string of the molecule is CC12CC3CC(C1)CC(O)(C3)C2(C)C.N. The minimum absolute atomic E-state index is 0. The van der Waals surface area contributed by atoms with Crippen LogP contribution in [0.25, 0.3) is 0 Å². The lowest BCUT2D eigenvalue weighted by molar-refractivity contribution is -0.250. The fourth-order valence-corrected chi connectivity index (χ4v) is 4.93. The van der Waals surface area contributed by atoms with Crippen LogP contribution in [0, 0.1) is 22.7 Å². The van der Waals surface area contributed by atoms with Gasteiger partial charge in [-0.1, -0.05) is 20.8 Å². The molecule has 0 radical (unpaired) electrons. The first-order valence-corrected chi connectivity index (χ1v) is 6.09. The van der Waals surface area contributed by atoms with Crippen molar-refractivity contribution in [2.75, 3.05) is 0 Å². The quantitative estimate of drug-likeness (QED) is 0.646. The van der Waals surface area contributed by atoms with Gasteiger partial charge in [0.2, 0.25) is 0 Å². The molecule has 0 aromatic rings. The van der Waals surface area contributed by atoms with Gasteiger partial charge in [0.15, 0.2) is 0 Å². The minimum atomic E-state index is -0.341. The van der Waals surface area contributed by atoms with Gasteiger partial charge in [0.05, 0.1) is 5.60 Å². The molecular weight excluding hydrogens is 186 g/mol. The highest BCUT2D eigenvalue weighted by Gasteiger charge is 2.65. The van der Waals surface area contributed by atoms with Gasteiger partial charge in [-0.05, 0) is 54.8 Å². The molecule has 4 fully saturated rings. The predicted molar refractivity (Wildman–Crippen MR) is 61.9 cm³/mol. The van der Waals surface area contributed by atoms with E-state index in [-0.39, 0.29) is 17.2 Å². The van der Waals surface area contributed by atoms with Crippen molar-refractivity contribution in [3.8, 4) is 0 Å². The first kappa shape index (κ1) is 11.4. The second-order valence-corrected chi connectivity index (χ2v) is 7.00. The van der Waals surface area contributed by atoms with Crippen LogP contribution in [-0.2, 0) is 0 Å². The second-order valence-electron chi connectivity index (χ2n) is 7.00. The monoisotopic (exact) mass is 211 g/mol. The summed E-state index contributed by atoms with van der Waals surface area (Å²) in [5, 5.41) is 10.8. The number of hydrogen-bond acceptors (Lipinski definition) is 2. The predicted octanol–water partition coefficient (Wildman–Crippen LogP) is 3.14. The van der Waals surface area contributed by atoms with Gasteiger partial charge in [0.25, 0.3) is 0 Å². The zero-order valence-corrected chi connectivity index (χ0v) is 10.3. The lowest BCUT2D eigenvalue weighted by atomic mass is 9.38. The first-order chi connectivity index (χ1) is 6.36. The number of rotatable bonds is 0. The maximum atomic E-state index is 10.8. The molecule has 15 heavy (non-hydrogen) atoms. The van der Waals surface area contributed by atoms with Gasteiger partial charge in [0.1, 0.15) is 0 Å². The van der Waals surface area contributed by atoms with Crippen molar-refractivity contribution in [1.29, 1.82) is 0 Å². The van der Waals surface area contributed by atoms with Gasteiger partial charge in [-0.25, -0.2) is 0 Å². The maximum absolute atomic E-state index is 10.8. The second kappa shape index (κ2) is 2.78. The van der Waals surface area contributed by atoms with Crippen molar-refractivity contribution in [3.05, 3.63) is 0 Å². The molecule has 2 heteroatoms. The highest BCUT2D eigenvalue weighted by Crippen LogP contribution is 2.69. The van der Waals surface area contributed by atoms with Crippen molar-refractivity contribution in [2.24, 2.45) is 22.7 Å². The fraction of sp³-hybridized carbons (Fsp3) is 1.00. The maximum Gasteiger partial charge on any atom is 0.0708 e. The van der Waals surface area contributed by atoms with Crippen molar-refractivity contribution in [3.63, 3.8) is 0 Å². The Morgan fingerprint density at radius 3 is 1.80 bits per heavy atom. The van der Waals surface area contributed by atoms with E-state index in [2.05, 4.69) is 20.8 Å². The van der Waals surface area contributed by atoms with Crippen molar-refractivity contribution in [1.82, 2.24) is 6.15 Å². The summed E-state index contributed by atoms with van der Waals surface area (Å²) in [5.41, 5.74) is 0.199. The third-order valence-electron chi connectivity index (χ3n) is 6.07. The molecule has 2 unspecified atom stereocenters. The third kappa shape index (κ3) is 1.13. The molecule has 0 saturated heterocycles. The molecule has 0 heterocycles. The number of hydrogen-bond donors (Lipinski definition) is 2. The van der Waals surface area contributed by atoms with Gasteiger partial charge in [-0.2, -0.15) is 0 Å². The van der Waals surface area contributed by atoms with Crippen LogP contribution in [-0.4, -0.2) is 10.7 Å². The van der Waals surface area contributed by atoms with E-state index in [1.54, 1.807) is 0 Å². The van der Waals surface area contributed by atoms with Crippen molar-refractivity contribution in [2.45, 2.75) is 58.5 Å². The third-order valence-corrected chi connectivity index (χ3v) is 6.07. The van der Waals surface area contributed by atoms with Crippen LogP contribution in [0.2, 0.25) is 0 Å². The Balaban J connectivity index is 0.000000853. The summed E-state index contributed by atoms with van der Waals surface area (Å²) < 4.78 is 0. The molecule has 4 N–H and O–H groups in total. The standard InChI is InChI=1S/C13H22O.H3N/c1-11(2)12(3)5-9-4-10(6-12)8-13(11,14)7-9;/h9-10,14H,4-8H2,1-3H3;1H3. The first-order valence-electron chi connectivity index (χ1n) is 6.09. The summed E-state index contributed by atoms with van der Waals surface area (Å²) in [6.07, 6.45) is 6.27. The number of aliphatic hydroxyl groups is 1. The van der Waals surface area contributed by atoms with Gasteiger partial charge in [-0.15, -0.1) is 0 Å². The normalized spacial score (nSPS) is 55.2. The van der Waals surface area contributed by atoms with E-state index < -0.39 is 0 Å². The summed E-state index contributed by atoms with van der Waals surface area (Å²) >= 11 is 0. The Morgan fingerprint density at radius 1 is 0.933 bits per heavy atom. The molecule has 0 aliphatic heterocycles. The minimum Gasteiger partial charge on any atom is -0.389 e. The molecule has 0 spiro atoms. The van der Waals surface area contributed by atoms with Crippen LogP contribution < -0.4 is 6.15 Å². The molecule has 4 aliphatic rings. The highest BCUT2D eigenvalue weighted by molar-refractivity contribution is 5.15. The van der Waals surface area contributed by atoms with Crippen LogP contribution in [0.4, 0.5) is 0 Å². The van der Waals surface area contributed by atoms with E-state index in [1.165, 1.54) is 19.3 Å². The molecule has 0 aromatic carbocycles. The lowest BCUT2D eigenvalue weighted by Gasteiger charge is -2.68. The lowest BCUT2D eigenvalue weighted by Crippen LogP contribution is -2.66.